The molecule has 0 aliphatic rings. The van der Waals surface area contributed by atoms with Crippen LogP contribution >= 0.6 is 35.3 Å². The smallest absolute Gasteiger partial charge is 0.191 e. The van der Waals surface area contributed by atoms with Crippen LogP contribution < -0.4 is 10.6 Å². The van der Waals surface area contributed by atoms with Gasteiger partial charge in [0.05, 0.1) is 12.2 Å². The molecule has 0 aliphatic carbocycles. The fourth-order valence-electron chi connectivity index (χ4n) is 1.81. The van der Waals surface area contributed by atoms with E-state index in [9.17, 15) is 0 Å². The van der Waals surface area contributed by atoms with Crippen LogP contribution in [0.4, 0.5) is 0 Å². The Balaban J connectivity index is 0.00000361. The number of hydrogen-bond acceptors (Lipinski definition) is 3. The molecule has 2 N–H and O–H groups in total. The fourth-order valence-corrected chi connectivity index (χ4v) is 2.69. The van der Waals surface area contributed by atoms with Crippen LogP contribution in [0, 0.1) is 19.8 Å². The third-order valence-electron chi connectivity index (χ3n) is 3.42. The van der Waals surface area contributed by atoms with Gasteiger partial charge in [-0.3, -0.25) is 4.99 Å². The predicted molar refractivity (Wildman–Crippen MR) is 99.3 cm³/mol. The average molecular weight is 410 g/mol. The second-order valence-corrected chi connectivity index (χ2v) is 6.03. The van der Waals surface area contributed by atoms with Gasteiger partial charge in [0, 0.05) is 18.5 Å². The molecule has 116 valence electrons. The Kier molecular flexibility index (Phi) is 10.2. The van der Waals surface area contributed by atoms with Gasteiger partial charge in [0.2, 0.25) is 0 Å². The highest BCUT2D eigenvalue weighted by Gasteiger charge is 2.07. The number of aromatic nitrogens is 1. The maximum Gasteiger partial charge on any atom is 0.191 e. The predicted octanol–water partition coefficient (Wildman–Crippen LogP) is 3.48. The number of nitrogens with zero attached hydrogens (tertiary/aromatic N) is 2. The number of rotatable bonds is 6. The molecule has 0 saturated heterocycles. The minimum absolute atomic E-state index is 0. The highest BCUT2D eigenvalue weighted by atomic mass is 127. The first kappa shape index (κ1) is 19.6. The summed E-state index contributed by atoms with van der Waals surface area (Å²) in [6.45, 7) is 10.3. The Morgan fingerprint density at radius 3 is 2.35 bits per heavy atom. The number of aliphatic imine (C=N–C) groups is 1. The van der Waals surface area contributed by atoms with Crippen molar-refractivity contribution in [2.24, 2.45) is 10.9 Å². The van der Waals surface area contributed by atoms with Crippen molar-refractivity contribution in [3.63, 3.8) is 0 Å². The molecule has 0 bridgehead atoms. The van der Waals surface area contributed by atoms with E-state index in [1.807, 2.05) is 0 Å². The molecule has 0 fully saturated rings. The fraction of sp³-hybridized carbons (Fsp3) is 0.714. The van der Waals surface area contributed by atoms with Gasteiger partial charge in [0.15, 0.2) is 5.96 Å². The van der Waals surface area contributed by atoms with Gasteiger partial charge in [0.25, 0.3) is 0 Å². The highest BCUT2D eigenvalue weighted by molar-refractivity contribution is 14.0. The van der Waals surface area contributed by atoms with E-state index in [0.29, 0.717) is 5.92 Å². The van der Waals surface area contributed by atoms with Crippen LogP contribution in [0.15, 0.2) is 4.99 Å². The molecule has 0 unspecified atom stereocenters. The summed E-state index contributed by atoms with van der Waals surface area (Å²) in [5.41, 5.74) is 1.13. The van der Waals surface area contributed by atoms with E-state index < -0.39 is 0 Å². The SMILES string of the molecule is CCC(CC)CNC(=NC)NCc1nc(C)c(C)s1.I. The van der Waals surface area contributed by atoms with Crippen molar-refractivity contribution in [1.29, 1.82) is 0 Å². The summed E-state index contributed by atoms with van der Waals surface area (Å²) in [7, 11) is 1.81. The molecule has 4 nitrogen and oxygen atoms in total. The molecule has 1 rings (SSSR count). The lowest BCUT2D eigenvalue weighted by atomic mass is 10.0. The number of thiazole rings is 1. The monoisotopic (exact) mass is 410 g/mol. The van der Waals surface area contributed by atoms with Gasteiger partial charge in [0.1, 0.15) is 5.01 Å². The minimum Gasteiger partial charge on any atom is -0.356 e. The van der Waals surface area contributed by atoms with Gasteiger partial charge in [-0.05, 0) is 19.8 Å². The van der Waals surface area contributed by atoms with Gasteiger partial charge < -0.3 is 10.6 Å². The first-order chi connectivity index (χ1) is 9.10. The van der Waals surface area contributed by atoms with E-state index in [4.69, 9.17) is 0 Å². The summed E-state index contributed by atoms with van der Waals surface area (Å²) < 4.78 is 0. The zero-order valence-corrected chi connectivity index (χ0v) is 16.3. The van der Waals surface area contributed by atoms with Crippen molar-refractivity contribution in [3.05, 3.63) is 15.6 Å². The maximum absolute atomic E-state index is 4.52. The summed E-state index contributed by atoms with van der Waals surface area (Å²) in [5.74, 6) is 1.57. The normalized spacial score (nSPS) is 11.4. The first-order valence-electron chi connectivity index (χ1n) is 6.98. The molecule has 0 aliphatic heterocycles. The number of nitrogens with one attached hydrogen (secondary N) is 2. The molecular weight excluding hydrogens is 383 g/mol. The number of guanidine groups is 1. The van der Waals surface area contributed by atoms with Gasteiger partial charge in [-0.2, -0.15) is 0 Å². The molecule has 1 heterocycles. The maximum atomic E-state index is 4.52. The molecule has 20 heavy (non-hydrogen) atoms. The molecule has 6 heteroatoms. The number of aryl methyl sites for hydroxylation is 2. The summed E-state index contributed by atoms with van der Waals surface area (Å²) in [6.07, 6.45) is 2.40. The van der Waals surface area contributed by atoms with E-state index in [0.717, 1.165) is 29.8 Å². The second kappa shape index (κ2) is 10.4. The molecule has 0 radical (unpaired) electrons. The van der Waals surface area contributed by atoms with Crippen LogP contribution in [0.3, 0.4) is 0 Å². The summed E-state index contributed by atoms with van der Waals surface area (Å²) >= 11 is 1.74. The Morgan fingerprint density at radius 1 is 1.25 bits per heavy atom. The number of halogens is 1. The average Bonchev–Trinajstić information content (AvgIpc) is 2.73. The van der Waals surface area contributed by atoms with Crippen LogP contribution in [0.2, 0.25) is 0 Å². The van der Waals surface area contributed by atoms with Crippen LogP contribution in [0.5, 0.6) is 0 Å². The van der Waals surface area contributed by atoms with Gasteiger partial charge in [-0.25, -0.2) is 4.98 Å². The lowest BCUT2D eigenvalue weighted by Gasteiger charge is -2.16. The van der Waals surface area contributed by atoms with Crippen LogP contribution in [0.25, 0.3) is 0 Å². The van der Waals surface area contributed by atoms with E-state index >= 15 is 0 Å². The summed E-state index contributed by atoms with van der Waals surface area (Å²) in [6, 6.07) is 0. The molecule has 0 atom stereocenters. The Hall–Kier alpha value is -0.370. The molecular formula is C14H27IN4S. The Morgan fingerprint density at radius 2 is 1.90 bits per heavy atom. The van der Waals surface area contributed by atoms with E-state index in [-0.39, 0.29) is 24.0 Å². The molecule has 0 amide bonds. The summed E-state index contributed by atoms with van der Waals surface area (Å²) in [4.78, 5) is 10.1. The lowest BCUT2D eigenvalue weighted by molar-refractivity contribution is 0.481. The molecule has 0 aromatic carbocycles. The van der Waals surface area contributed by atoms with E-state index in [1.165, 1.54) is 17.7 Å². The third kappa shape index (κ3) is 6.39. The van der Waals surface area contributed by atoms with Crippen LogP contribution in [-0.4, -0.2) is 24.5 Å². The molecule has 1 aromatic rings. The zero-order valence-electron chi connectivity index (χ0n) is 13.1. The van der Waals surface area contributed by atoms with Crippen LogP contribution in [-0.2, 0) is 6.54 Å². The molecule has 1 aromatic heterocycles. The topological polar surface area (TPSA) is 49.3 Å². The van der Waals surface area contributed by atoms with E-state index in [1.54, 1.807) is 18.4 Å². The minimum atomic E-state index is 0. The van der Waals surface area contributed by atoms with E-state index in [2.05, 4.69) is 48.3 Å². The molecule has 0 saturated carbocycles. The standard InChI is InChI=1S/C14H26N4S.HI/c1-6-12(7-2)8-16-14(15-5)17-9-13-18-10(3)11(4)19-13;/h12H,6-9H2,1-5H3,(H2,15,16,17);1H. The van der Waals surface area contributed by atoms with Gasteiger partial charge in [-0.1, -0.05) is 26.7 Å². The Bertz CT molecular complexity index is 394. The first-order valence-corrected chi connectivity index (χ1v) is 7.79. The third-order valence-corrected chi connectivity index (χ3v) is 4.49. The highest BCUT2D eigenvalue weighted by Crippen LogP contribution is 2.15. The zero-order chi connectivity index (χ0) is 14.3. The van der Waals surface area contributed by atoms with Crippen molar-refractivity contribution in [2.75, 3.05) is 13.6 Å². The Labute approximate surface area is 143 Å². The lowest BCUT2D eigenvalue weighted by Crippen LogP contribution is -2.39. The molecule has 0 spiro atoms. The van der Waals surface area contributed by atoms with Gasteiger partial charge in [-0.15, -0.1) is 35.3 Å². The van der Waals surface area contributed by atoms with Crippen molar-refractivity contribution in [1.82, 2.24) is 15.6 Å². The van der Waals surface area contributed by atoms with Crippen molar-refractivity contribution in [2.45, 2.75) is 47.1 Å². The summed E-state index contributed by atoms with van der Waals surface area (Å²) in [5, 5.41) is 7.81. The second-order valence-electron chi connectivity index (χ2n) is 4.74. The van der Waals surface area contributed by atoms with Gasteiger partial charge >= 0.3 is 0 Å². The quantitative estimate of drug-likeness (QED) is 0.429. The largest absolute Gasteiger partial charge is 0.356 e. The number of hydrogen-bond donors (Lipinski definition) is 2. The van der Waals surface area contributed by atoms with Crippen molar-refractivity contribution < 1.29 is 0 Å². The van der Waals surface area contributed by atoms with Crippen molar-refractivity contribution in [3.8, 4) is 0 Å². The van der Waals surface area contributed by atoms with Crippen LogP contribution in [0.1, 0.15) is 42.3 Å². The van der Waals surface area contributed by atoms with Crippen molar-refractivity contribution >= 4 is 41.3 Å².